The number of carbonyl (C=O) groups excluding carboxylic acids is 1. The molecule has 0 spiro atoms. The van der Waals surface area contributed by atoms with E-state index >= 15 is 0 Å². The summed E-state index contributed by atoms with van der Waals surface area (Å²) >= 11 is 1.43. The van der Waals surface area contributed by atoms with Crippen molar-refractivity contribution < 1.29 is 17.6 Å². The molecule has 6 nitrogen and oxygen atoms in total. The smallest absolute Gasteiger partial charge is 0.229 e. The Balaban J connectivity index is 0.00000363. The molecule has 1 heterocycles. The van der Waals surface area contributed by atoms with Gasteiger partial charge in [0.15, 0.2) is 15.0 Å². The van der Waals surface area contributed by atoms with Gasteiger partial charge in [-0.3, -0.25) is 9.69 Å². The predicted octanol–water partition coefficient (Wildman–Crippen LogP) is 4.31. The lowest BCUT2D eigenvalue weighted by atomic mass is 10.2. The number of nitrogens with zero attached hydrogens (tertiary/aromatic N) is 3. The Labute approximate surface area is 198 Å². The minimum Gasteiger partial charge on any atom is -0.309 e. The second-order valence-corrected chi connectivity index (χ2v) is 10.8. The number of halogens is 2. The highest BCUT2D eigenvalue weighted by atomic mass is 35.5. The summed E-state index contributed by atoms with van der Waals surface area (Å²) in [5.74, 6) is -1.14. The van der Waals surface area contributed by atoms with Crippen LogP contribution in [-0.4, -0.2) is 57.1 Å². The number of sulfone groups is 1. The van der Waals surface area contributed by atoms with E-state index in [4.69, 9.17) is 0 Å². The van der Waals surface area contributed by atoms with Crippen molar-refractivity contribution >= 4 is 54.8 Å². The molecule has 32 heavy (non-hydrogen) atoms. The number of rotatable bonds is 9. The molecule has 0 saturated carbocycles. The lowest BCUT2D eigenvalue weighted by molar-refractivity contribution is -0.118. The number of benzene rings is 2. The van der Waals surface area contributed by atoms with Crippen LogP contribution in [0.15, 0.2) is 47.4 Å². The molecule has 0 aliphatic heterocycles. The number of amides is 1. The third kappa shape index (κ3) is 6.48. The first kappa shape index (κ1) is 26.2. The Morgan fingerprint density at radius 3 is 2.41 bits per heavy atom. The largest absolute Gasteiger partial charge is 0.309 e. The van der Waals surface area contributed by atoms with E-state index in [9.17, 15) is 17.6 Å². The lowest BCUT2D eigenvalue weighted by Crippen LogP contribution is -2.34. The molecule has 0 atom stereocenters. The summed E-state index contributed by atoms with van der Waals surface area (Å²) in [6, 6.07) is 10.5. The van der Waals surface area contributed by atoms with Crippen molar-refractivity contribution in [1.82, 2.24) is 9.88 Å². The number of carbonyl (C=O) groups is 1. The first-order valence-corrected chi connectivity index (χ1v) is 12.4. The number of hydrogen-bond donors (Lipinski definition) is 0. The number of para-hydroxylation sites is 1. The number of anilines is 1. The normalized spacial score (nSPS) is 11.5. The molecular formula is C22H27ClFN3O3S2. The number of fused-ring (bicyclic) bond motifs is 1. The van der Waals surface area contributed by atoms with Crippen LogP contribution in [0.5, 0.6) is 0 Å². The number of aryl methyl sites for hydroxylation is 1. The van der Waals surface area contributed by atoms with E-state index in [1.807, 2.05) is 44.1 Å². The van der Waals surface area contributed by atoms with E-state index in [0.29, 0.717) is 11.7 Å². The Bertz CT molecular complexity index is 1160. The van der Waals surface area contributed by atoms with E-state index in [1.165, 1.54) is 23.5 Å². The molecule has 0 saturated heterocycles. The van der Waals surface area contributed by atoms with Gasteiger partial charge in [-0.15, -0.1) is 12.4 Å². The zero-order valence-corrected chi connectivity index (χ0v) is 20.7. The van der Waals surface area contributed by atoms with E-state index in [-0.39, 0.29) is 35.4 Å². The summed E-state index contributed by atoms with van der Waals surface area (Å²) in [4.78, 5) is 21.4. The third-order valence-corrected chi connectivity index (χ3v) is 7.66. The van der Waals surface area contributed by atoms with Gasteiger partial charge in [0.05, 0.1) is 20.9 Å². The summed E-state index contributed by atoms with van der Waals surface area (Å²) in [7, 11) is 0.229. The van der Waals surface area contributed by atoms with Crippen LogP contribution in [0.1, 0.15) is 18.4 Å². The summed E-state index contributed by atoms with van der Waals surface area (Å²) < 4.78 is 39.3. The minimum absolute atomic E-state index is 0. The van der Waals surface area contributed by atoms with Crippen LogP contribution in [0, 0.1) is 12.7 Å². The summed E-state index contributed by atoms with van der Waals surface area (Å²) in [6.07, 6.45) is 0.564. The second kappa shape index (κ2) is 11.2. The Hall–Kier alpha value is -2.07. The molecule has 10 heteroatoms. The third-order valence-electron chi connectivity index (χ3n) is 4.89. The van der Waals surface area contributed by atoms with Crippen LogP contribution in [0.25, 0.3) is 10.2 Å². The molecule has 0 radical (unpaired) electrons. The molecule has 0 unspecified atom stereocenters. The van der Waals surface area contributed by atoms with E-state index in [1.54, 1.807) is 4.90 Å². The molecule has 3 rings (SSSR count). The van der Waals surface area contributed by atoms with Crippen molar-refractivity contribution in [3.05, 3.63) is 53.8 Å². The zero-order chi connectivity index (χ0) is 22.6. The van der Waals surface area contributed by atoms with Gasteiger partial charge in [-0.05, 0) is 69.9 Å². The fourth-order valence-corrected chi connectivity index (χ4v) is 5.50. The molecule has 1 aromatic heterocycles. The number of aromatic nitrogens is 1. The fourth-order valence-electron chi connectivity index (χ4n) is 3.18. The van der Waals surface area contributed by atoms with Gasteiger partial charge in [0.1, 0.15) is 5.82 Å². The Kier molecular flexibility index (Phi) is 9.15. The second-order valence-electron chi connectivity index (χ2n) is 7.64. The maximum atomic E-state index is 13.1. The van der Waals surface area contributed by atoms with Gasteiger partial charge in [0.25, 0.3) is 0 Å². The van der Waals surface area contributed by atoms with Gasteiger partial charge in [0.2, 0.25) is 5.91 Å². The fraction of sp³-hybridized carbons (Fsp3) is 0.364. The van der Waals surface area contributed by atoms with Crippen LogP contribution in [0.3, 0.4) is 0 Å². The highest BCUT2D eigenvalue weighted by Gasteiger charge is 2.23. The number of hydrogen-bond acceptors (Lipinski definition) is 6. The van der Waals surface area contributed by atoms with Gasteiger partial charge in [-0.2, -0.15) is 0 Å². The molecule has 0 bridgehead atoms. The topological polar surface area (TPSA) is 70.6 Å². The van der Waals surface area contributed by atoms with Crippen LogP contribution < -0.4 is 4.90 Å². The van der Waals surface area contributed by atoms with E-state index < -0.39 is 15.7 Å². The average Bonchev–Trinajstić information content (AvgIpc) is 3.15. The van der Waals surface area contributed by atoms with E-state index in [2.05, 4.69) is 4.98 Å². The molecule has 3 aromatic rings. The summed E-state index contributed by atoms with van der Waals surface area (Å²) in [5, 5.41) is 0.576. The summed E-state index contributed by atoms with van der Waals surface area (Å²) in [6.45, 7) is 3.22. The maximum absolute atomic E-state index is 13.1. The van der Waals surface area contributed by atoms with Crippen molar-refractivity contribution in [3.63, 3.8) is 0 Å². The van der Waals surface area contributed by atoms with Gasteiger partial charge < -0.3 is 4.90 Å². The van der Waals surface area contributed by atoms with Gasteiger partial charge in [-0.25, -0.2) is 17.8 Å². The molecular weight excluding hydrogens is 473 g/mol. The first-order valence-electron chi connectivity index (χ1n) is 9.97. The van der Waals surface area contributed by atoms with Crippen molar-refractivity contribution in [2.24, 2.45) is 0 Å². The first-order chi connectivity index (χ1) is 14.7. The highest BCUT2D eigenvalue weighted by molar-refractivity contribution is 7.91. The average molecular weight is 500 g/mol. The van der Waals surface area contributed by atoms with Crippen LogP contribution >= 0.6 is 23.7 Å². The quantitative estimate of drug-likeness (QED) is 0.410. The van der Waals surface area contributed by atoms with Crippen LogP contribution in [-0.2, 0) is 14.6 Å². The van der Waals surface area contributed by atoms with Crippen molar-refractivity contribution in [2.45, 2.75) is 24.7 Å². The maximum Gasteiger partial charge on any atom is 0.229 e. The standard InChI is InChI=1S/C22H26FN3O3S2.ClH/c1-16-6-4-7-19-21(16)24-22(30-19)26(14-5-13-25(2)3)20(27)12-15-31(28,29)18-10-8-17(23)9-11-18;/h4,6-11H,5,12-15H2,1-3H3;1H. The van der Waals surface area contributed by atoms with Gasteiger partial charge in [0, 0.05) is 13.0 Å². The molecule has 2 aromatic carbocycles. The molecule has 174 valence electrons. The van der Waals surface area contributed by atoms with Crippen molar-refractivity contribution in [3.8, 4) is 0 Å². The SMILES string of the molecule is Cc1cccc2sc(N(CCCN(C)C)C(=O)CCS(=O)(=O)c3ccc(F)cc3)nc12.Cl. The van der Waals surface area contributed by atoms with Gasteiger partial charge >= 0.3 is 0 Å². The molecule has 0 N–H and O–H groups in total. The van der Waals surface area contributed by atoms with Crippen LogP contribution in [0.4, 0.5) is 9.52 Å². The Morgan fingerprint density at radius 2 is 1.78 bits per heavy atom. The lowest BCUT2D eigenvalue weighted by Gasteiger charge is -2.21. The predicted molar refractivity (Wildman–Crippen MR) is 130 cm³/mol. The van der Waals surface area contributed by atoms with Crippen molar-refractivity contribution in [1.29, 1.82) is 0 Å². The monoisotopic (exact) mass is 499 g/mol. The number of thiazole rings is 1. The zero-order valence-electron chi connectivity index (χ0n) is 18.2. The molecule has 1 amide bonds. The minimum atomic E-state index is -3.69. The Morgan fingerprint density at radius 1 is 1.09 bits per heavy atom. The molecule has 0 aliphatic rings. The highest BCUT2D eigenvalue weighted by Crippen LogP contribution is 2.31. The molecule has 0 aliphatic carbocycles. The van der Waals surface area contributed by atoms with E-state index in [0.717, 1.165) is 40.9 Å². The van der Waals surface area contributed by atoms with Crippen molar-refractivity contribution in [2.75, 3.05) is 37.8 Å². The van der Waals surface area contributed by atoms with Crippen LogP contribution in [0.2, 0.25) is 0 Å². The summed E-state index contributed by atoms with van der Waals surface area (Å²) in [5.41, 5.74) is 1.88. The van der Waals surface area contributed by atoms with Gasteiger partial charge in [-0.1, -0.05) is 23.5 Å². The molecule has 0 fully saturated rings.